The number of benzene rings is 11. The molecule has 11 aromatic carbocycles. The molecule has 0 aromatic heterocycles. The van der Waals surface area contributed by atoms with Gasteiger partial charge in [-0.3, -0.25) is 0 Å². The van der Waals surface area contributed by atoms with E-state index in [4.69, 9.17) is 0 Å². The number of para-hydroxylation sites is 3. The van der Waals surface area contributed by atoms with Crippen molar-refractivity contribution < 1.29 is 0 Å². The highest BCUT2D eigenvalue weighted by Crippen LogP contribution is 2.67. The van der Waals surface area contributed by atoms with E-state index in [2.05, 4.69) is 269 Å². The quantitative estimate of drug-likeness (QED) is 0.154. The molecule has 0 atom stereocenters. The van der Waals surface area contributed by atoms with Gasteiger partial charge in [-0.2, -0.15) is 0 Å². The highest BCUT2D eigenvalue weighted by molar-refractivity contribution is 6.16. The Balaban J connectivity index is 1.08. The van der Waals surface area contributed by atoms with Gasteiger partial charge < -0.3 is 14.7 Å². The summed E-state index contributed by atoms with van der Waals surface area (Å²) in [7, 11) is 0. The average Bonchev–Trinajstić information content (AvgIpc) is 3.39. The first-order chi connectivity index (χ1) is 34.0. The Labute approximate surface area is 410 Å². The van der Waals surface area contributed by atoms with Crippen molar-refractivity contribution in [3.05, 3.63) is 246 Å². The molecule has 0 N–H and O–H groups in total. The average molecular weight is 900 g/mol. The van der Waals surface area contributed by atoms with Gasteiger partial charge in [0.2, 0.25) is 0 Å². The van der Waals surface area contributed by atoms with Gasteiger partial charge in [-0.1, -0.05) is 193 Å². The summed E-state index contributed by atoms with van der Waals surface area (Å²) in [4.78, 5) is 7.76. The zero-order chi connectivity index (χ0) is 47.3. The summed E-state index contributed by atoms with van der Waals surface area (Å²) in [6.07, 6.45) is 0. The van der Waals surface area contributed by atoms with Crippen molar-refractivity contribution in [2.75, 3.05) is 14.7 Å². The zero-order valence-electron chi connectivity index (χ0n) is 40.5. The van der Waals surface area contributed by atoms with E-state index in [0.717, 1.165) is 22.7 Å². The lowest BCUT2D eigenvalue weighted by Crippen LogP contribution is -2.44. The van der Waals surface area contributed by atoms with Crippen molar-refractivity contribution in [2.24, 2.45) is 0 Å². The summed E-state index contributed by atoms with van der Waals surface area (Å²) in [6.45, 7) is 14.8. The summed E-state index contributed by atoms with van der Waals surface area (Å²) < 4.78 is 0. The monoisotopic (exact) mass is 899 g/mol. The highest BCUT2D eigenvalue weighted by Gasteiger charge is 2.52. The van der Waals surface area contributed by atoms with Crippen LogP contribution in [0.15, 0.2) is 212 Å². The molecule has 3 aliphatic heterocycles. The van der Waals surface area contributed by atoms with Crippen LogP contribution in [0, 0.1) is 0 Å². The minimum atomic E-state index is -0.422. The van der Waals surface area contributed by atoms with Crippen molar-refractivity contribution in [2.45, 2.75) is 57.8 Å². The zero-order valence-corrected chi connectivity index (χ0v) is 40.5. The van der Waals surface area contributed by atoms with Crippen LogP contribution in [0.1, 0.15) is 74.9 Å². The van der Waals surface area contributed by atoms with Gasteiger partial charge >= 0.3 is 0 Å². The van der Waals surface area contributed by atoms with E-state index in [1.165, 1.54) is 105 Å². The van der Waals surface area contributed by atoms with Crippen LogP contribution in [0.25, 0.3) is 43.1 Å². The van der Waals surface area contributed by atoms with Crippen molar-refractivity contribution >= 4 is 94.3 Å². The second-order valence-corrected chi connectivity index (χ2v) is 21.4. The van der Waals surface area contributed by atoms with Crippen LogP contribution in [0.2, 0.25) is 0 Å². The lowest BCUT2D eigenvalue weighted by molar-refractivity contribution is 0.567. The van der Waals surface area contributed by atoms with Gasteiger partial charge in [-0.05, 0) is 126 Å². The lowest BCUT2D eigenvalue weighted by Gasteiger charge is -2.55. The Morgan fingerprint density at radius 3 is 0.986 bits per heavy atom. The number of fused-ring (bicyclic) bond motifs is 6. The Kier molecular flexibility index (Phi) is 8.44. The number of nitrogens with zero attached hydrogens (tertiary/aromatic N) is 3. The first kappa shape index (κ1) is 40.9. The molecule has 336 valence electrons. The Hall–Kier alpha value is -8.14. The van der Waals surface area contributed by atoms with Crippen molar-refractivity contribution in [1.29, 1.82) is 0 Å². The maximum absolute atomic E-state index is 2.70. The number of anilines is 9. The van der Waals surface area contributed by atoms with Crippen LogP contribution >= 0.6 is 0 Å². The van der Waals surface area contributed by atoms with Crippen LogP contribution in [0.4, 0.5) is 51.2 Å². The standard InChI is InChI=1S/C67H53N3/c1-65(2)54-34-21-35-55-62(54)70-63-56(65)38-46(68(44-24-9-7-10-25-44)60-36-42-22-13-15-28-48(42)50-30-17-19-32-52(50)60)40-58(63)67(5,6)59-41-47(39-57(64(59)70)66(55,3)4)69(45-26-11-8-12-27-45)61-37-43-23-14-16-29-49(43)51-31-18-20-33-53(51)61/h7-41H,1-6H3. The van der Waals surface area contributed by atoms with Gasteiger partial charge in [0.15, 0.2) is 0 Å². The maximum atomic E-state index is 2.70. The van der Waals surface area contributed by atoms with Gasteiger partial charge in [-0.15, -0.1) is 0 Å². The summed E-state index contributed by atoms with van der Waals surface area (Å²) in [5.74, 6) is 0. The summed E-state index contributed by atoms with van der Waals surface area (Å²) in [5.41, 5.74) is 18.0. The van der Waals surface area contributed by atoms with Gasteiger partial charge in [0.05, 0.1) is 28.4 Å². The SMILES string of the molecule is CC1(C)c2cccc3c2N2c4c1cc(N(c1ccccc1)c1cc5ccccc5c5ccccc15)cc4C(C)(C)c1cc(N(c4ccccc4)c4cc5ccccc5c5ccccc45)cc(c12)C3(C)C. The van der Waals surface area contributed by atoms with E-state index < -0.39 is 5.41 Å². The van der Waals surface area contributed by atoms with Crippen LogP contribution in [0.5, 0.6) is 0 Å². The largest absolute Gasteiger partial charge is 0.310 e. The van der Waals surface area contributed by atoms with Crippen LogP contribution in [0.3, 0.4) is 0 Å². The van der Waals surface area contributed by atoms with Gasteiger partial charge in [0, 0.05) is 49.8 Å². The molecule has 0 amide bonds. The molecule has 3 heterocycles. The highest BCUT2D eigenvalue weighted by atomic mass is 15.2. The molecule has 3 aliphatic rings. The molecule has 14 rings (SSSR count). The third kappa shape index (κ3) is 5.52. The molecular weight excluding hydrogens is 847 g/mol. The van der Waals surface area contributed by atoms with Crippen molar-refractivity contribution in [1.82, 2.24) is 0 Å². The minimum Gasteiger partial charge on any atom is -0.310 e. The molecule has 0 spiro atoms. The predicted octanol–water partition coefficient (Wildman–Crippen LogP) is 18.6. The topological polar surface area (TPSA) is 9.72 Å². The maximum Gasteiger partial charge on any atom is 0.0546 e. The fourth-order valence-corrected chi connectivity index (χ4v) is 12.9. The molecule has 0 fully saturated rings. The molecule has 0 aliphatic carbocycles. The van der Waals surface area contributed by atoms with E-state index in [1.54, 1.807) is 0 Å². The van der Waals surface area contributed by atoms with Gasteiger partial charge in [0.1, 0.15) is 0 Å². The van der Waals surface area contributed by atoms with E-state index in [9.17, 15) is 0 Å². The number of hydrogen-bond acceptors (Lipinski definition) is 3. The molecule has 0 saturated carbocycles. The second-order valence-electron chi connectivity index (χ2n) is 21.4. The third-order valence-electron chi connectivity index (χ3n) is 16.5. The molecule has 0 radical (unpaired) electrons. The number of hydrogen-bond donors (Lipinski definition) is 0. The molecule has 3 heteroatoms. The lowest BCUT2D eigenvalue weighted by atomic mass is 9.60. The molecular formula is C67H53N3. The second kappa shape index (κ2) is 14.4. The van der Waals surface area contributed by atoms with Crippen molar-refractivity contribution in [3.63, 3.8) is 0 Å². The molecule has 0 bridgehead atoms. The third-order valence-corrected chi connectivity index (χ3v) is 16.5. The Bertz CT molecular complexity index is 3740. The van der Waals surface area contributed by atoms with Crippen LogP contribution in [-0.4, -0.2) is 0 Å². The summed E-state index contributed by atoms with van der Waals surface area (Å²) in [6, 6.07) is 79.6. The summed E-state index contributed by atoms with van der Waals surface area (Å²) in [5, 5.41) is 9.95. The van der Waals surface area contributed by atoms with E-state index >= 15 is 0 Å². The van der Waals surface area contributed by atoms with Crippen LogP contribution in [-0.2, 0) is 16.2 Å². The molecule has 0 unspecified atom stereocenters. The van der Waals surface area contributed by atoms with E-state index in [-0.39, 0.29) is 10.8 Å². The first-order valence-corrected chi connectivity index (χ1v) is 24.9. The fourth-order valence-electron chi connectivity index (χ4n) is 12.9. The van der Waals surface area contributed by atoms with Crippen molar-refractivity contribution in [3.8, 4) is 0 Å². The minimum absolute atomic E-state index is 0.307. The molecule has 70 heavy (non-hydrogen) atoms. The normalized spacial score (nSPS) is 15.3. The van der Waals surface area contributed by atoms with Crippen LogP contribution < -0.4 is 14.7 Å². The Morgan fingerprint density at radius 1 is 0.271 bits per heavy atom. The Morgan fingerprint density at radius 2 is 0.586 bits per heavy atom. The molecule has 11 aromatic rings. The summed E-state index contributed by atoms with van der Waals surface area (Å²) >= 11 is 0. The van der Waals surface area contributed by atoms with Gasteiger partial charge in [0.25, 0.3) is 0 Å². The van der Waals surface area contributed by atoms with Gasteiger partial charge in [-0.25, -0.2) is 0 Å². The molecule has 0 saturated heterocycles. The van der Waals surface area contributed by atoms with E-state index in [1.807, 2.05) is 0 Å². The smallest absolute Gasteiger partial charge is 0.0546 e. The first-order valence-electron chi connectivity index (χ1n) is 24.9. The predicted molar refractivity (Wildman–Crippen MR) is 297 cm³/mol. The fraction of sp³-hybridized carbons (Fsp3) is 0.134. The number of rotatable bonds is 6. The van der Waals surface area contributed by atoms with E-state index in [0.29, 0.717) is 0 Å². The molecule has 3 nitrogen and oxygen atoms in total.